The van der Waals surface area contributed by atoms with Gasteiger partial charge in [-0.15, -0.1) is 0 Å². The molecule has 3 rings (SSSR count). The summed E-state index contributed by atoms with van der Waals surface area (Å²) >= 11 is 0. The molecule has 2 aromatic rings. The Labute approximate surface area is 171 Å². The second-order valence-corrected chi connectivity index (χ2v) is 7.38. The number of rotatable bonds is 8. The van der Waals surface area contributed by atoms with E-state index in [0.29, 0.717) is 26.2 Å². The molecule has 3 amide bonds. The molecule has 1 fully saturated rings. The van der Waals surface area contributed by atoms with Gasteiger partial charge in [0.2, 0.25) is 5.91 Å². The summed E-state index contributed by atoms with van der Waals surface area (Å²) in [6.07, 6.45) is 1.71. The highest BCUT2D eigenvalue weighted by atomic mass is 16.2. The standard InChI is InChI=1S/C23H27N3O3/c1-18-7-5-10-20(15-18)16-25-13-14-26(23(29)22(25)28)17-21(27)24-12-6-11-19-8-3-2-4-9-19/h2-5,7-10,15H,6,11-14,16-17H2,1H3,(H,24,27). The van der Waals surface area contributed by atoms with Crippen LogP contribution in [0.4, 0.5) is 0 Å². The first-order chi connectivity index (χ1) is 14.0. The first-order valence-corrected chi connectivity index (χ1v) is 9.97. The minimum Gasteiger partial charge on any atom is -0.355 e. The molecule has 6 nitrogen and oxygen atoms in total. The fourth-order valence-corrected chi connectivity index (χ4v) is 3.44. The number of aryl methyl sites for hydroxylation is 2. The molecule has 0 bridgehead atoms. The molecule has 1 aliphatic heterocycles. The second kappa shape index (κ2) is 9.87. The Morgan fingerprint density at radius 2 is 1.62 bits per heavy atom. The van der Waals surface area contributed by atoms with E-state index in [1.165, 1.54) is 10.5 Å². The number of amides is 3. The van der Waals surface area contributed by atoms with Gasteiger partial charge in [-0.3, -0.25) is 14.4 Å². The van der Waals surface area contributed by atoms with Crippen LogP contribution in [0.3, 0.4) is 0 Å². The lowest BCUT2D eigenvalue weighted by molar-refractivity contribution is -0.157. The summed E-state index contributed by atoms with van der Waals surface area (Å²) in [5.74, 6) is -1.38. The lowest BCUT2D eigenvalue weighted by Gasteiger charge is -2.33. The van der Waals surface area contributed by atoms with Crippen LogP contribution >= 0.6 is 0 Å². The smallest absolute Gasteiger partial charge is 0.312 e. The summed E-state index contributed by atoms with van der Waals surface area (Å²) in [6.45, 7) is 3.67. The Morgan fingerprint density at radius 3 is 2.38 bits per heavy atom. The van der Waals surface area contributed by atoms with Gasteiger partial charge in [0.1, 0.15) is 6.54 Å². The van der Waals surface area contributed by atoms with Gasteiger partial charge in [0, 0.05) is 26.2 Å². The fourth-order valence-electron chi connectivity index (χ4n) is 3.44. The third kappa shape index (κ3) is 5.91. The van der Waals surface area contributed by atoms with E-state index in [9.17, 15) is 14.4 Å². The molecule has 0 aliphatic carbocycles. The fraction of sp³-hybridized carbons (Fsp3) is 0.348. The molecule has 1 saturated heterocycles. The maximum Gasteiger partial charge on any atom is 0.312 e. The molecule has 29 heavy (non-hydrogen) atoms. The van der Waals surface area contributed by atoms with Crippen molar-refractivity contribution in [2.45, 2.75) is 26.3 Å². The molecular formula is C23H27N3O3. The van der Waals surface area contributed by atoms with Crippen LogP contribution in [0, 0.1) is 6.92 Å². The number of hydrogen-bond acceptors (Lipinski definition) is 3. The molecule has 0 saturated carbocycles. The molecule has 2 aromatic carbocycles. The monoisotopic (exact) mass is 393 g/mol. The molecule has 0 spiro atoms. The second-order valence-electron chi connectivity index (χ2n) is 7.38. The van der Waals surface area contributed by atoms with Crippen LogP contribution in [-0.4, -0.2) is 53.7 Å². The van der Waals surface area contributed by atoms with E-state index in [0.717, 1.165) is 24.0 Å². The maximum absolute atomic E-state index is 12.4. The zero-order valence-electron chi connectivity index (χ0n) is 16.8. The predicted octanol–water partition coefficient (Wildman–Crippen LogP) is 1.91. The van der Waals surface area contributed by atoms with Crippen molar-refractivity contribution < 1.29 is 14.4 Å². The molecule has 0 aromatic heterocycles. The summed E-state index contributed by atoms with van der Waals surface area (Å²) in [6, 6.07) is 18.0. The van der Waals surface area contributed by atoms with Crippen molar-refractivity contribution in [2.24, 2.45) is 0 Å². The van der Waals surface area contributed by atoms with Gasteiger partial charge in [-0.1, -0.05) is 60.2 Å². The highest BCUT2D eigenvalue weighted by Crippen LogP contribution is 2.12. The number of benzene rings is 2. The van der Waals surface area contributed by atoms with Gasteiger partial charge in [-0.25, -0.2) is 0 Å². The van der Waals surface area contributed by atoms with Crippen molar-refractivity contribution in [3.63, 3.8) is 0 Å². The average molecular weight is 393 g/mol. The van der Waals surface area contributed by atoms with Crippen molar-refractivity contribution in [2.75, 3.05) is 26.2 Å². The van der Waals surface area contributed by atoms with Gasteiger partial charge >= 0.3 is 11.8 Å². The van der Waals surface area contributed by atoms with Crippen LogP contribution in [0.25, 0.3) is 0 Å². The quantitative estimate of drug-likeness (QED) is 0.550. The summed E-state index contributed by atoms with van der Waals surface area (Å²) < 4.78 is 0. The van der Waals surface area contributed by atoms with Crippen molar-refractivity contribution in [1.82, 2.24) is 15.1 Å². The van der Waals surface area contributed by atoms with Gasteiger partial charge in [0.25, 0.3) is 0 Å². The maximum atomic E-state index is 12.4. The van der Waals surface area contributed by atoms with Crippen LogP contribution in [0.15, 0.2) is 54.6 Å². The first-order valence-electron chi connectivity index (χ1n) is 9.97. The van der Waals surface area contributed by atoms with E-state index in [2.05, 4.69) is 17.4 Å². The summed E-state index contributed by atoms with van der Waals surface area (Å²) in [4.78, 5) is 39.9. The van der Waals surface area contributed by atoms with E-state index < -0.39 is 11.8 Å². The van der Waals surface area contributed by atoms with Crippen molar-refractivity contribution >= 4 is 17.7 Å². The Bertz CT molecular complexity index is 867. The average Bonchev–Trinajstić information content (AvgIpc) is 2.72. The highest BCUT2D eigenvalue weighted by molar-refractivity contribution is 6.35. The molecule has 0 radical (unpaired) electrons. The summed E-state index contributed by atoms with van der Waals surface area (Å²) in [5.41, 5.74) is 3.34. The molecule has 1 N–H and O–H groups in total. The number of carbonyl (C=O) groups excluding carboxylic acids is 3. The summed E-state index contributed by atoms with van der Waals surface area (Å²) in [7, 11) is 0. The van der Waals surface area contributed by atoms with Crippen molar-refractivity contribution in [3.05, 3.63) is 71.3 Å². The zero-order chi connectivity index (χ0) is 20.6. The number of nitrogens with one attached hydrogen (secondary N) is 1. The van der Waals surface area contributed by atoms with E-state index in [1.807, 2.05) is 49.4 Å². The SMILES string of the molecule is Cc1cccc(CN2CCN(CC(=O)NCCCc3ccccc3)C(=O)C2=O)c1. The van der Waals surface area contributed by atoms with E-state index in [1.54, 1.807) is 4.90 Å². The van der Waals surface area contributed by atoms with Crippen molar-refractivity contribution in [3.8, 4) is 0 Å². The Kier molecular flexibility index (Phi) is 7.00. The third-order valence-electron chi connectivity index (χ3n) is 4.99. The van der Waals surface area contributed by atoms with E-state index in [-0.39, 0.29) is 12.5 Å². The Morgan fingerprint density at radius 1 is 0.931 bits per heavy atom. The van der Waals surface area contributed by atoms with Gasteiger partial charge < -0.3 is 15.1 Å². The Balaban J connectivity index is 1.42. The van der Waals surface area contributed by atoms with E-state index in [4.69, 9.17) is 0 Å². The molecule has 1 heterocycles. The summed E-state index contributed by atoms with van der Waals surface area (Å²) in [5, 5.41) is 2.84. The van der Waals surface area contributed by atoms with Crippen LogP contribution in [0.5, 0.6) is 0 Å². The lowest BCUT2D eigenvalue weighted by Crippen LogP contribution is -2.56. The number of hydrogen-bond donors (Lipinski definition) is 1. The molecule has 0 unspecified atom stereocenters. The topological polar surface area (TPSA) is 69.7 Å². The third-order valence-corrected chi connectivity index (χ3v) is 4.99. The van der Waals surface area contributed by atoms with Gasteiger partial charge in [-0.05, 0) is 30.9 Å². The van der Waals surface area contributed by atoms with Crippen LogP contribution in [0.1, 0.15) is 23.1 Å². The van der Waals surface area contributed by atoms with Gasteiger partial charge in [0.15, 0.2) is 0 Å². The van der Waals surface area contributed by atoms with Gasteiger partial charge in [0.05, 0.1) is 0 Å². The first kappa shape index (κ1) is 20.6. The number of piperazine rings is 1. The molecule has 0 atom stereocenters. The van der Waals surface area contributed by atoms with Crippen LogP contribution in [-0.2, 0) is 27.3 Å². The molecule has 1 aliphatic rings. The van der Waals surface area contributed by atoms with Crippen LogP contribution < -0.4 is 5.32 Å². The normalized spacial score (nSPS) is 14.2. The minimum absolute atomic E-state index is 0.0752. The number of carbonyl (C=O) groups is 3. The largest absolute Gasteiger partial charge is 0.355 e. The Hall–Kier alpha value is -3.15. The highest BCUT2D eigenvalue weighted by Gasteiger charge is 2.33. The minimum atomic E-state index is -0.608. The predicted molar refractivity (Wildman–Crippen MR) is 111 cm³/mol. The lowest BCUT2D eigenvalue weighted by atomic mass is 10.1. The van der Waals surface area contributed by atoms with Crippen molar-refractivity contribution in [1.29, 1.82) is 0 Å². The molecule has 152 valence electrons. The molecular weight excluding hydrogens is 366 g/mol. The van der Waals surface area contributed by atoms with Gasteiger partial charge in [-0.2, -0.15) is 0 Å². The zero-order valence-corrected chi connectivity index (χ0v) is 16.8. The van der Waals surface area contributed by atoms with E-state index >= 15 is 0 Å². The number of nitrogens with zero attached hydrogens (tertiary/aromatic N) is 2. The van der Waals surface area contributed by atoms with Crippen LogP contribution in [0.2, 0.25) is 0 Å². The molecule has 6 heteroatoms.